The topological polar surface area (TPSA) is 101 Å². The zero-order chi connectivity index (χ0) is 38.6. The molecule has 1 amide bonds. The highest BCUT2D eigenvalue weighted by molar-refractivity contribution is 7.85. The van der Waals surface area contributed by atoms with E-state index in [1.54, 1.807) is 55.5 Å². The molecule has 0 fully saturated rings. The van der Waals surface area contributed by atoms with Crippen LogP contribution in [-0.2, 0) is 32.9 Å². The lowest BCUT2D eigenvalue weighted by Gasteiger charge is -2.20. The minimum Gasteiger partial charge on any atom is -0.326 e. The van der Waals surface area contributed by atoms with Crippen LogP contribution >= 0.6 is 0 Å². The van der Waals surface area contributed by atoms with E-state index in [4.69, 9.17) is 4.55 Å². The lowest BCUT2D eigenvalue weighted by Crippen LogP contribution is -2.23. The van der Waals surface area contributed by atoms with E-state index in [2.05, 4.69) is 50.4 Å². The average molecular weight is 742 g/mol. The van der Waals surface area contributed by atoms with Crippen molar-refractivity contribution in [2.24, 2.45) is 0 Å². The van der Waals surface area contributed by atoms with Gasteiger partial charge in [-0.15, -0.1) is 0 Å². The third kappa shape index (κ3) is 10.5. The standard InChI is InChI=1S/C43H42F3NO5S/c1-28-26-36(43(44,45)46)21-24-38(28)32-17-22-37(23-18-32)47-41(49)39(27-29-7-9-34(10-8-29)40(48)6-5-25-53(50,51)52)33-13-11-30(12-14-33)31-15-19-35(20-16-31)42(2,3)4/h7-24,26,39H,5-6,25,27H2,1-4H3,(H,47,49)(H,50,51,52). The summed E-state index contributed by atoms with van der Waals surface area (Å²) >= 11 is 0. The van der Waals surface area contributed by atoms with Crippen LogP contribution in [0.15, 0.2) is 115 Å². The lowest BCUT2D eigenvalue weighted by molar-refractivity contribution is -0.137. The van der Waals surface area contributed by atoms with Gasteiger partial charge in [-0.2, -0.15) is 21.6 Å². The maximum absolute atomic E-state index is 14.0. The van der Waals surface area contributed by atoms with Gasteiger partial charge in [-0.3, -0.25) is 14.1 Å². The van der Waals surface area contributed by atoms with Crippen molar-refractivity contribution in [1.82, 2.24) is 0 Å². The molecule has 1 atom stereocenters. The minimum atomic E-state index is -4.43. The number of anilines is 1. The Bertz CT molecular complexity index is 2170. The molecule has 10 heteroatoms. The lowest BCUT2D eigenvalue weighted by atomic mass is 9.86. The molecule has 6 nitrogen and oxygen atoms in total. The number of carbonyl (C=O) groups excluding carboxylic acids is 2. The third-order valence-corrected chi connectivity index (χ3v) is 10.1. The van der Waals surface area contributed by atoms with Gasteiger partial charge < -0.3 is 5.32 Å². The second-order valence-corrected chi connectivity index (χ2v) is 15.9. The second-order valence-electron chi connectivity index (χ2n) is 14.3. The van der Waals surface area contributed by atoms with E-state index in [0.717, 1.165) is 34.4 Å². The molecule has 5 rings (SSSR count). The number of ketones is 1. The molecule has 0 aliphatic carbocycles. The first-order valence-electron chi connectivity index (χ1n) is 17.2. The van der Waals surface area contributed by atoms with Crippen LogP contribution in [0.4, 0.5) is 18.9 Å². The number of amides is 1. The Kier molecular flexibility index (Phi) is 11.7. The van der Waals surface area contributed by atoms with Gasteiger partial charge in [0.15, 0.2) is 5.78 Å². The van der Waals surface area contributed by atoms with E-state index in [0.29, 0.717) is 34.4 Å². The number of aryl methyl sites for hydroxylation is 1. The van der Waals surface area contributed by atoms with Crippen molar-refractivity contribution in [2.75, 3.05) is 11.1 Å². The van der Waals surface area contributed by atoms with Crippen molar-refractivity contribution in [3.63, 3.8) is 0 Å². The summed E-state index contributed by atoms with van der Waals surface area (Å²) < 4.78 is 70.6. The fourth-order valence-corrected chi connectivity index (χ4v) is 6.69. The number of benzene rings is 5. The van der Waals surface area contributed by atoms with Gasteiger partial charge in [0, 0.05) is 17.7 Å². The van der Waals surface area contributed by atoms with E-state index in [1.807, 2.05) is 24.3 Å². The fourth-order valence-electron chi connectivity index (χ4n) is 6.18. The summed E-state index contributed by atoms with van der Waals surface area (Å²) in [5.41, 5.74) is 6.94. The number of rotatable bonds is 12. The van der Waals surface area contributed by atoms with E-state index in [1.165, 1.54) is 11.6 Å². The van der Waals surface area contributed by atoms with Crippen LogP contribution in [0.5, 0.6) is 0 Å². The molecule has 0 heterocycles. The molecule has 5 aromatic rings. The first kappa shape index (κ1) is 39.2. The van der Waals surface area contributed by atoms with Gasteiger partial charge in [-0.1, -0.05) is 112 Å². The van der Waals surface area contributed by atoms with Gasteiger partial charge in [0.2, 0.25) is 5.91 Å². The second kappa shape index (κ2) is 15.9. The molecule has 2 N–H and O–H groups in total. The predicted molar refractivity (Wildman–Crippen MR) is 204 cm³/mol. The largest absolute Gasteiger partial charge is 0.416 e. The molecule has 0 aromatic heterocycles. The van der Waals surface area contributed by atoms with Crippen molar-refractivity contribution in [3.8, 4) is 22.3 Å². The average Bonchev–Trinajstić information content (AvgIpc) is 3.10. The maximum Gasteiger partial charge on any atom is 0.416 e. The van der Waals surface area contributed by atoms with Crippen LogP contribution in [0.3, 0.4) is 0 Å². The molecule has 0 spiro atoms. The number of Topliss-reactive ketones (excluding diaryl/α,β-unsaturated/α-hetero) is 1. The highest BCUT2D eigenvalue weighted by atomic mass is 32.2. The molecule has 53 heavy (non-hydrogen) atoms. The SMILES string of the molecule is Cc1cc(C(F)(F)F)ccc1-c1ccc(NC(=O)C(Cc2ccc(C(=O)CCCS(=O)(=O)O)cc2)c2ccc(-c3ccc(C(C)(C)C)cc3)cc2)cc1. The molecule has 0 radical (unpaired) electrons. The molecule has 0 saturated carbocycles. The number of hydrogen-bond acceptors (Lipinski definition) is 4. The van der Waals surface area contributed by atoms with E-state index in [-0.39, 0.29) is 29.9 Å². The summed E-state index contributed by atoms with van der Waals surface area (Å²) in [6.45, 7) is 8.12. The van der Waals surface area contributed by atoms with Crippen LogP contribution in [0, 0.1) is 6.92 Å². The molecule has 276 valence electrons. The zero-order valence-electron chi connectivity index (χ0n) is 30.0. The van der Waals surface area contributed by atoms with Gasteiger partial charge in [0.1, 0.15) is 0 Å². The Hall–Kier alpha value is -5.06. The number of hydrogen-bond donors (Lipinski definition) is 2. The van der Waals surface area contributed by atoms with Crippen molar-refractivity contribution in [2.45, 2.75) is 64.5 Å². The highest BCUT2D eigenvalue weighted by Gasteiger charge is 2.30. The minimum absolute atomic E-state index is 0.00329. The fraction of sp³-hybridized carbons (Fsp3) is 0.256. The summed E-state index contributed by atoms with van der Waals surface area (Å²) in [4.78, 5) is 26.6. The highest BCUT2D eigenvalue weighted by Crippen LogP contribution is 2.34. The quantitative estimate of drug-likeness (QED) is 0.0979. The summed E-state index contributed by atoms with van der Waals surface area (Å²) in [6, 6.07) is 33.6. The summed E-state index contributed by atoms with van der Waals surface area (Å²) in [7, 11) is -4.15. The maximum atomic E-state index is 14.0. The van der Waals surface area contributed by atoms with Crippen LogP contribution in [0.25, 0.3) is 22.3 Å². The Labute approximate surface area is 308 Å². The van der Waals surface area contributed by atoms with Gasteiger partial charge in [-0.05, 0) is 94.0 Å². The Morgan fingerprint density at radius 2 is 1.28 bits per heavy atom. The molecular weight excluding hydrogens is 700 g/mol. The van der Waals surface area contributed by atoms with Gasteiger partial charge >= 0.3 is 6.18 Å². The number of nitrogens with one attached hydrogen (secondary N) is 1. The van der Waals surface area contributed by atoms with Gasteiger partial charge in [-0.25, -0.2) is 0 Å². The molecule has 0 saturated heterocycles. The summed E-state index contributed by atoms with van der Waals surface area (Å²) in [5, 5.41) is 3.00. The Morgan fingerprint density at radius 1 is 0.736 bits per heavy atom. The molecular formula is C43H42F3NO5S. The zero-order valence-corrected chi connectivity index (χ0v) is 30.8. The summed E-state index contributed by atoms with van der Waals surface area (Å²) in [6.07, 6.45) is -4.15. The number of halogens is 3. The first-order chi connectivity index (χ1) is 24.9. The van der Waals surface area contributed by atoms with E-state index < -0.39 is 33.5 Å². The van der Waals surface area contributed by atoms with Crippen molar-refractivity contribution >= 4 is 27.5 Å². The first-order valence-corrected chi connectivity index (χ1v) is 18.9. The normalized spacial score (nSPS) is 12.7. The molecule has 0 bridgehead atoms. The van der Waals surface area contributed by atoms with Gasteiger partial charge in [0.05, 0.1) is 17.2 Å². The van der Waals surface area contributed by atoms with Crippen molar-refractivity contribution < 1.29 is 35.7 Å². The smallest absolute Gasteiger partial charge is 0.326 e. The third-order valence-electron chi connectivity index (χ3n) is 9.25. The van der Waals surface area contributed by atoms with Crippen LogP contribution in [0.1, 0.15) is 77.7 Å². The number of alkyl halides is 3. The Morgan fingerprint density at radius 3 is 1.81 bits per heavy atom. The molecule has 0 aliphatic rings. The molecule has 1 unspecified atom stereocenters. The Balaban J connectivity index is 1.37. The molecule has 5 aromatic carbocycles. The predicted octanol–water partition coefficient (Wildman–Crippen LogP) is 10.5. The number of carbonyl (C=O) groups is 2. The van der Waals surface area contributed by atoms with E-state index >= 15 is 0 Å². The van der Waals surface area contributed by atoms with Crippen molar-refractivity contribution in [1.29, 1.82) is 0 Å². The summed E-state index contributed by atoms with van der Waals surface area (Å²) in [5.74, 6) is -1.64. The van der Waals surface area contributed by atoms with Gasteiger partial charge in [0.25, 0.3) is 10.1 Å². The van der Waals surface area contributed by atoms with Crippen LogP contribution in [0.2, 0.25) is 0 Å². The van der Waals surface area contributed by atoms with E-state index in [9.17, 15) is 31.2 Å². The van der Waals surface area contributed by atoms with Crippen LogP contribution < -0.4 is 5.32 Å². The van der Waals surface area contributed by atoms with Crippen LogP contribution in [-0.4, -0.2) is 30.4 Å². The molecule has 0 aliphatic heterocycles. The monoisotopic (exact) mass is 741 g/mol. The van der Waals surface area contributed by atoms with Crippen molar-refractivity contribution in [3.05, 3.63) is 149 Å².